The minimum atomic E-state index is -0.332. The lowest BCUT2D eigenvalue weighted by Gasteiger charge is -2.07. The van der Waals surface area contributed by atoms with Crippen LogP contribution in [0, 0.1) is 0 Å². The van der Waals surface area contributed by atoms with Crippen molar-refractivity contribution in [3.8, 4) is 0 Å². The number of carbonyl (C=O) groups is 1. The highest BCUT2D eigenvalue weighted by Gasteiger charge is 2.01. The van der Waals surface area contributed by atoms with E-state index in [1.54, 1.807) is 0 Å². The predicted octanol–water partition coefficient (Wildman–Crippen LogP) is 4.81. The Morgan fingerprint density at radius 3 is 1.96 bits per heavy atom. The van der Waals surface area contributed by atoms with E-state index in [2.05, 4.69) is 5.32 Å². The molecule has 0 radical (unpaired) electrons. The first-order valence-corrected chi connectivity index (χ1v) is 9.38. The fraction of sp³-hybridized carbons (Fsp3) is 0.650. The van der Waals surface area contributed by atoms with E-state index >= 15 is 0 Å². The van der Waals surface area contributed by atoms with E-state index in [0.717, 1.165) is 31.2 Å². The maximum Gasteiger partial charge on any atom is 0.407 e. The average Bonchev–Trinajstić information content (AvgIpc) is 2.62. The second-order valence-corrected chi connectivity index (χ2v) is 6.25. The number of unbranched alkanes of at least 4 members (excludes halogenated alkanes) is 9. The first-order valence-electron chi connectivity index (χ1n) is 9.38. The lowest BCUT2D eigenvalue weighted by atomic mass is 10.1. The van der Waals surface area contributed by atoms with E-state index in [1.165, 1.54) is 38.5 Å². The molecule has 0 saturated heterocycles. The lowest BCUT2D eigenvalue weighted by Crippen LogP contribution is -2.25. The summed E-state index contributed by atoms with van der Waals surface area (Å²) in [5, 5.41) is 11.5. The smallest absolute Gasteiger partial charge is 0.407 e. The third kappa shape index (κ3) is 11.9. The highest BCUT2D eigenvalue weighted by atomic mass is 16.5. The Labute approximate surface area is 146 Å². The molecule has 4 heteroatoms. The van der Waals surface area contributed by atoms with Crippen LogP contribution in [0.1, 0.15) is 69.8 Å². The summed E-state index contributed by atoms with van der Waals surface area (Å²) in [7, 11) is 0. The molecule has 0 aliphatic carbocycles. The van der Waals surface area contributed by atoms with Gasteiger partial charge in [0.05, 0.1) is 0 Å². The molecule has 1 aromatic carbocycles. The van der Waals surface area contributed by atoms with Crippen LogP contribution in [0.15, 0.2) is 30.3 Å². The normalized spacial score (nSPS) is 10.5. The van der Waals surface area contributed by atoms with Gasteiger partial charge in [0.15, 0.2) is 0 Å². The Hall–Kier alpha value is -1.55. The van der Waals surface area contributed by atoms with Crippen LogP contribution in [0.2, 0.25) is 0 Å². The highest BCUT2D eigenvalue weighted by molar-refractivity contribution is 5.67. The molecule has 0 saturated carbocycles. The van der Waals surface area contributed by atoms with Crippen LogP contribution in [0.5, 0.6) is 0 Å². The van der Waals surface area contributed by atoms with E-state index in [-0.39, 0.29) is 6.09 Å². The minimum absolute atomic E-state index is 0.324. The van der Waals surface area contributed by atoms with E-state index in [0.29, 0.717) is 19.8 Å². The van der Waals surface area contributed by atoms with Crippen molar-refractivity contribution in [1.29, 1.82) is 0 Å². The topological polar surface area (TPSA) is 58.6 Å². The monoisotopic (exact) mass is 335 g/mol. The maximum atomic E-state index is 11.5. The average molecular weight is 335 g/mol. The van der Waals surface area contributed by atoms with Crippen molar-refractivity contribution in [2.75, 3.05) is 13.2 Å². The molecular formula is C20H33NO3. The van der Waals surface area contributed by atoms with Gasteiger partial charge in [0.25, 0.3) is 0 Å². The number of aliphatic hydroxyl groups excluding tert-OH is 1. The van der Waals surface area contributed by atoms with Gasteiger partial charge in [-0.1, -0.05) is 81.7 Å². The van der Waals surface area contributed by atoms with Crippen molar-refractivity contribution in [2.45, 2.75) is 70.8 Å². The van der Waals surface area contributed by atoms with Gasteiger partial charge in [0.1, 0.15) is 6.61 Å². The van der Waals surface area contributed by atoms with Crippen LogP contribution in [0.3, 0.4) is 0 Å². The molecule has 0 spiro atoms. The molecule has 1 rings (SSSR count). The van der Waals surface area contributed by atoms with Gasteiger partial charge >= 0.3 is 6.09 Å². The van der Waals surface area contributed by atoms with E-state index in [4.69, 9.17) is 9.84 Å². The number of aliphatic hydroxyl groups is 1. The number of benzene rings is 1. The van der Waals surface area contributed by atoms with Crippen LogP contribution in [0.25, 0.3) is 0 Å². The highest BCUT2D eigenvalue weighted by Crippen LogP contribution is 2.10. The summed E-state index contributed by atoms with van der Waals surface area (Å²) in [5.74, 6) is 0. The summed E-state index contributed by atoms with van der Waals surface area (Å²) in [5.41, 5.74) is 1.00. The number of amides is 1. The number of alkyl carbamates (subject to hydrolysis) is 1. The van der Waals surface area contributed by atoms with E-state index < -0.39 is 0 Å². The molecule has 1 aromatic rings. The molecule has 136 valence electrons. The Bertz CT molecular complexity index is 409. The van der Waals surface area contributed by atoms with Crippen molar-refractivity contribution in [1.82, 2.24) is 5.32 Å². The van der Waals surface area contributed by atoms with Gasteiger partial charge in [-0.05, 0) is 18.4 Å². The third-order valence-electron chi connectivity index (χ3n) is 4.07. The molecule has 0 fully saturated rings. The van der Waals surface area contributed by atoms with Crippen molar-refractivity contribution in [2.24, 2.45) is 0 Å². The van der Waals surface area contributed by atoms with Gasteiger partial charge < -0.3 is 15.2 Å². The Morgan fingerprint density at radius 2 is 1.38 bits per heavy atom. The first kappa shape index (κ1) is 20.5. The fourth-order valence-electron chi connectivity index (χ4n) is 2.62. The second-order valence-electron chi connectivity index (χ2n) is 6.25. The van der Waals surface area contributed by atoms with E-state index in [9.17, 15) is 4.79 Å². The van der Waals surface area contributed by atoms with Crippen molar-refractivity contribution >= 4 is 6.09 Å². The number of nitrogens with one attached hydrogen (secondary N) is 1. The third-order valence-corrected chi connectivity index (χ3v) is 4.07. The molecule has 0 heterocycles. The lowest BCUT2D eigenvalue weighted by molar-refractivity contribution is 0.139. The zero-order valence-electron chi connectivity index (χ0n) is 14.8. The Kier molecular flexibility index (Phi) is 12.8. The van der Waals surface area contributed by atoms with Gasteiger partial charge in [-0.3, -0.25) is 0 Å². The molecule has 0 unspecified atom stereocenters. The number of hydrogen-bond donors (Lipinski definition) is 2. The van der Waals surface area contributed by atoms with Gasteiger partial charge in [-0.15, -0.1) is 0 Å². The van der Waals surface area contributed by atoms with Gasteiger partial charge in [0, 0.05) is 13.2 Å². The maximum absolute atomic E-state index is 11.5. The standard InChI is InChI=1S/C20H33NO3/c22-17-13-8-6-4-2-1-3-5-7-12-16-21-20(23)24-18-19-14-10-9-11-15-19/h9-11,14-15,22H,1-8,12-13,16-18H2,(H,21,23). The summed E-state index contributed by atoms with van der Waals surface area (Å²) in [4.78, 5) is 11.5. The summed E-state index contributed by atoms with van der Waals surface area (Å²) in [6.07, 6.45) is 11.6. The fourth-order valence-corrected chi connectivity index (χ4v) is 2.62. The molecule has 4 nitrogen and oxygen atoms in total. The molecule has 0 aliphatic rings. The van der Waals surface area contributed by atoms with Crippen LogP contribution < -0.4 is 5.32 Å². The van der Waals surface area contributed by atoms with E-state index in [1.807, 2.05) is 30.3 Å². The molecule has 0 bridgehead atoms. The summed E-state index contributed by atoms with van der Waals surface area (Å²) >= 11 is 0. The molecule has 0 aromatic heterocycles. The molecule has 2 N–H and O–H groups in total. The van der Waals surface area contributed by atoms with Gasteiger partial charge in [-0.2, -0.15) is 0 Å². The largest absolute Gasteiger partial charge is 0.445 e. The summed E-state index contributed by atoms with van der Waals surface area (Å²) in [6.45, 7) is 1.34. The summed E-state index contributed by atoms with van der Waals surface area (Å²) < 4.78 is 5.16. The molecule has 1 amide bonds. The molecule has 0 aliphatic heterocycles. The number of ether oxygens (including phenoxy) is 1. The molecule has 0 atom stereocenters. The van der Waals surface area contributed by atoms with Gasteiger partial charge in [-0.25, -0.2) is 4.79 Å². The first-order chi connectivity index (χ1) is 11.8. The SMILES string of the molecule is O=C(NCCCCCCCCCCCCO)OCc1ccccc1. The predicted molar refractivity (Wildman–Crippen MR) is 97.9 cm³/mol. The van der Waals surface area contributed by atoms with Crippen LogP contribution in [-0.2, 0) is 11.3 Å². The summed E-state index contributed by atoms with van der Waals surface area (Å²) in [6, 6.07) is 9.71. The molecular weight excluding hydrogens is 302 g/mol. The van der Waals surface area contributed by atoms with Gasteiger partial charge in [0.2, 0.25) is 0 Å². The van der Waals surface area contributed by atoms with Crippen LogP contribution in [0.4, 0.5) is 4.79 Å². The Balaban J connectivity index is 1.82. The molecule has 24 heavy (non-hydrogen) atoms. The quantitative estimate of drug-likeness (QED) is 0.480. The minimum Gasteiger partial charge on any atom is -0.445 e. The van der Waals surface area contributed by atoms with Crippen molar-refractivity contribution in [3.05, 3.63) is 35.9 Å². The number of carbonyl (C=O) groups excluding carboxylic acids is 1. The zero-order valence-corrected chi connectivity index (χ0v) is 14.8. The number of hydrogen-bond acceptors (Lipinski definition) is 3. The van der Waals surface area contributed by atoms with Crippen LogP contribution in [-0.4, -0.2) is 24.4 Å². The second kappa shape index (κ2) is 15.0. The Morgan fingerprint density at radius 1 is 0.833 bits per heavy atom. The van der Waals surface area contributed by atoms with Crippen LogP contribution >= 0.6 is 0 Å². The van der Waals surface area contributed by atoms with Crippen molar-refractivity contribution < 1.29 is 14.6 Å². The van der Waals surface area contributed by atoms with Crippen molar-refractivity contribution in [3.63, 3.8) is 0 Å². The zero-order chi connectivity index (χ0) is 17.3. The number of rotatable bonds is 14.